The number of nitrogens with zero attached hydrogens (tertiary/aromatic N) is 1. The molecule has 3 aromatic carbocycles. The molecule has 8 heteroatoms. The lowest BCUT2D eigenvalue weighted by Crippen LogP contribution is -2.15. The zero-order valence-electron chi connectivity index (χ0n) is 19.6. The molecule has 0 fully saturated rings. The second-order valence-electron chi connectivity index (χ2n) is 7.81. The van der Waals surface area contributed by atoms with Crippen LogP contribution in [0.2, 0.25) is 0 Å². The zero-order chi connectivity index (χ0) is 24.4. The van der Waals surface area contributed by atoms with Crippen molar-refractivity contribution in [3.8, 4) is 28.7 Å². The number of carbonyl (C=O) groups excluding carboxylic acids is 1. The summed E-state index contributed by atoms with van der Waals surface area (Å²) in [6.45, 7) is 0.979. The average Bonchev–Trinajstić information content (AvgIpc) is 3.34. The number of hydrogen-bond donors (Lipinski definition) is 1. The number of Topliss-reactive ketones (excluding diaryl/α,β-unsaturated/α-hetero) is 1. The first-order chi connectivity index (χ1) is 17.1. The van der Waals surface area contributed by atoms with Gasteiger partial charge in [-0.25, -0.2) is 4.98 Å². The number of ketones is 1. The van der Waals surface area contributed by atoms with E-state index in [1.54, 1.807) is 18.2 Å². The normalized spacial score (nSPS) is 12.9. The SMILES string of the molecule is COc1cc(C(=O)C(=Cc2ccc3c(c2)OCCO3)c2nc3ccccc3[nH]2)cc(OC)c1OC. The van der Waals surface area contributed by atoms with E-state index < -0.39 is 0 Å². The summed E-state index contributed by atoms with van der Waals surface area (Å²) in [6, 6.07) is 16.4. The highest BCUT2D eigenvalue weighted by atomic mass is 16.6. The Bertz CT molecular complexity index is 1380. The predicted octanol–water partition coefficient (Wildman–Crippen LogP) is 4.78. The van der Waals surface area contributed by atoms with E-state index in [1.807, 2.05) is 42.5 Å². The predicted molar refractivity (Wildman–Crippen MR) is 132 cm³/mol. The van der Waals surface area contributed by atoms with Gasteiger partial charge in [0.1, 0.15) is 19.0 Å². The summed E-state index contributed by atoms with van der Waals surface area (Å²) >= 11 is 0. The van der Waals surface area contributed by atoms with Crippen molar-refractivity contribution in [3.05, 3.63) is 71.5 Å². The van der Waals surface area contributed by atoms with E-state index in [0.29, 0.717) is 58.9 Å². The number of ether oxygens (including phenoxy) is 5. The first kappa shape index (κ1) is 22.3. The molecule has 1 aromatic heterocycles. The third-order valence-corrected chi connectivity index (χ3v) is 5.69. The number of aromatic amines is 1. The molecule has 0 aliphatic carbocycles. The number of imidazole rings is 1. The number of benzene rings is 3. The molecule has 0 radical (unpaired) electrons. The maximum atomic E-state index is 13.9. The van der Waals surface area contributed by atoms with Crippen LogP contribution in [0, 0.1) is 0 Å². The van der Waals surface area contributed by atoms with Gasteiger partial charge in [0.2, 0.25) is 5.75 Å². The fraction of sp³-hybridized carbons (Fsp3) is 0.185. The van der Waals surface area contributed by atoms with E-state index in [0.717, 1.165) is 16.6 Å². The number of aromatic nitrogens is 2. The Balaban J connectivity index is 1.65. The summed E-state index contributed by atoms with van der Waals surface area (Å²) in [4.78, 5) is 21.9. The van der Waals surface area contributed by atoms with E-state index in [2.05, 4.69) is 9.97 Å². The van der Waals surface area contributed by atoms with Crippen molar-refractivity contribution in [2.24, 2.45) is 0 Å². The van der Waals surface area contributed by atoms with Crippen LogP contribution in [0.1, 0.15) is 21.7 Å². The number of fused-ring (bicyclic) bond motifs is 2. The molecular formula is C27H24N2O6. The van der Waals surface area contributed by atoms with Crippen LogP contribution in [0.5, 0.6) is 28.7 Å². The molecule has 178 valence electrons. The minimum atomic E-state index is -0.266. The van der Waals surface area contributed by atoms with Crippen molar-refractivity contribution in [2.45, 2.75) is 0 Å². The number of carbonyl (C=O) groups is 1. The number of hydrogen-bond acceptors (Lipinski definition) is 7. The number of methoxy groups -OCH3 is 3. The molecule has 0 unspecified atom stereocenters. The van der Waals surface area contributed by atoms with Gasteiger partial charge in [0.05, 0.1) is 37.9 Å². The molecular weight excluding hydrogens is 448 g/mol. The van der Waals surface area contributed by atoms with Gasteiger partial charge >= 0.3 is 0 Å². The first-order valence-electron chi connectivity index (χ1n) is 11.0. The van der Waals surface area contributed by atoms with Crippen molar-refractivity contribution < 1.29 is 28.5 Å². The highest BCUT2D eigenvalue weighted by Crippen LogP contribution is 2.39. The van der Waals surface area contributed by atoms with Crippen LogP contribution in [0.25, 0.3) is 22.7 Å². The molecule has 4 aromatic rings. The van der Waals surface area contributed by atoms with E-state index in [1.165, 1.54) is 21.3 Å². The van der Waals surface area contributed by atoms with Crippen LogP contribution >= 0.6 is 0 Å². The number of nitrogens with one attached hydrogen (secondary N) is 1. The monoisotopic (exact) mass is 472 g/mol. The molecule has 8 nitrogen and oxygen atoms in total. The van der Waals surface area contributed by atoms with Gasteiger partial charge in [0.25, 0.3) is 0 Å². The highest BCUT2D eigenvalue weighted by molar-refractivity contribution is 6.32. The summed E-state index contributed by atoms with van der Waals surface area (Å²) in [5, 5.41) is 0. The Morgan fingerprint density at radius 2 is 1.63 bits per heavy atom. The van der Waals surface area contributed by atoms with Crippen LogP contribution in [0.3, 0.4) is 0 Å². The Hall–Kier alpha value is -4.46. The number of H-pyrrole nitrogens is 1. The van der Waals surface area contributed by atoms with Crippen molar-refractivity contribution in [1.82, 2.24) is 9.97 Å². The molecule has 0 amide bonds. The standard InChI is InChI=1S/C27H24N2O6/c1-31-23-14-17(15-24(32-2)26(23)33-3)25(30)18(27-28-19-6-4-5-7-20(19)29-27)12-16-8-9-21-22(13-16)35-11-10-34-21/h4-9,12-15H,10-11H2,1-3H3,(H,28,29). The minimum absolute atomic E-state index is 0.266. The van der Waals surface area contributed by atoms with Crippen molar-refractivity contribution in [3.63, 3.8) is 0 Å². The summed E-state index contributed by atoms with van der Waals surface area (Å²) in [7, 11) is 4.54. The summed E-state index contributed by atoms with van der Waals surface area (Å²) in [5.41, 5.74) is 3.09. The Labute approximate surface area is 202 Å². The molecule has 1 aliphatic rings. The van der Waals surface area contributed by atoms with Gasteiger partial charge in [-0.05, 0) is 48.0 Å². The molecule has 0 spiro atoms. The Morgan fingerprint density at radius 3 is 2.31 bits per heavy atom. The number of allylic oxidation sites excluding steroid dienone is 1. The van der Waals surface area contributed by atoms with Gasteiger partial charge in [0, 0.05) is 5.56 Å². The lowest BCUT2D eigenvalue weighted by molar-refractivity contribution is 0.105. The fourth-order valence-corrected chi connectivity index (χ4v) is 4.01. The van der Waals surface area contributed by atoms with Crippen LogP contribution < -0.4 is 23.7 Å². The van der Waals surface area contributed by atoms with Crippen LogP contribution in [0.15, 0.2) is 54.6 Å². The first-order valence-corrected chi connectivity index (χ1v) is 11.0. The molecule has 0 saturated carbocycles. The summed E-state index contributed by atoms with van der Waals surface area (Å²) in [6.07, 6.45) is 1.78. The topological polar surface area (TPSA) is 91.9 Å². The van der Waals surface area contributed by atoms with Crippen LogP contribution in [0.4, 0.5) is 0 Å². The molecule has 35 heavy (non-hydrogen) atoms. The van der Waals surface area contributed by atoms with Gasteiger partial charge < -0.3 is 28.7 Å². The van der Waals surface area contributed by atoms with Crippen molar-refractivity contribution >= 4 is 28.5 Å². The molecule has 1 N–H and O–H groups in total. The fourth-order valence-electron chi connectivity index (χ4n) is 4.01. The number of para-hydroxylation sites is 2. The second kappa shape index (κ2) is 9.42. The van der Waals surface area contributed by atoms with E-state index >= 15 is 0 Å². The van der Waals surface area contributed by atoms with Crippen LogP contribution in [-0.4, -0.2) is 50.3 Å². The van der Waals surface area contributed by atoms with Gasteiger partial charge in [-0.3, -0.25) is 4.79 Å². The van der Waals surface area contributed by atoms with Gasteiger partial charge in [0.15, 0.2) is 28.8 Å². The van der Waals surface area contributed by atoms with E-state index in [-0.39, 0.29) is 5.78 Å². The largest absolute Gasteiger partial charge is 0.493 e. The third kappa shape index (κ3) is 4.26. The van der Waals surface area contributed by atoms with Crippen molar-refractivity contribution in [2.75, 3.05) is 34.5 Å². The molecule has 5 rings (SSSR count). The molecule has 1 aliphatic heterocycles. The van der Waals surface area contributed by atoms with E-state index in [9.17, 15) is 4.79 Å². The Kier molecular flexibility index (Phi) is 6.01. The molecule has 2 heterocycles. The Morgan fingerprint density at radius 1 is 0.914 bits per heavy atom. The van der Waals surface area contributed by atoms with Gasteiger partial charge in [-0.15, -0.1) is 0 Å². The summed E-state index contributed by atoms with van der Waals surface area (Å²) in [5.74, 6) is 2.67. The minimum Gasteiger partial charge on any atom is -0.493 e. The smallest absolute Gasteiger partial charge is 0.203 e. The average molecular weight is 472 g/mol. The van der Waals surface area contributed by atoms with Gasteiger partial charge in [-0.2, -0.15) is 0 Å². The second-order valence-corrected chi connectivity index (χ2v) is 7.81. The maximum Gasteiger partial charge on any atom is 0.203 e. The number of rotatable bonds is 7. The highest BCUT2D eigenvalue weighted by Gasteiger charge is 2.23. The van der Waals surface area contributed by atoms with Gasteiger partial charge in [-0.1, -0.05) is 18.2 Å². The molecule has 0 atom stereocenters. The van der Waals surface area contributed by atoms with Crippen LogP contribution in [-0.2, 0) is 0 Å². The van der Waals surface area contributed by atoms with Crippen molar-refractivity contribution in [1.29, 1.82) is 0 Å². The third-order valence-electron chi connectivity index (χ3n) is 5.69. The summed E-state index contributed by atoms with van der Waals surface area (Å²) < 4.78 is 27.7. The lowest BCUT2D eigenvalue weighted by Gasteiger charge is -2.18. The lowest BCUT2D eigenvalue weighted by atomic mass is 9.99. The maximum absolute atomic E-state index is 13.9. The quantitative estimate of drug-likeness (QED) is 0.306. The zero-order valence-corrected chi connectivity index (χ0v) is 19.6. The molecule has 0 saturated heterocycles. The van der Waals surface area contributed by atoms with E-state index in [4.69, 9.17) is 23.7 Å². The molecule has 0 bridgehead atoms.